The Bertz CT molecular complexity index is 474. The molecule has 0 atom stereocenters. The highest BCUT2D eigenvalue weighted by Crippen LogP contribution is 2.20. The second-order valence-electron chi connectivity index (χ2n) is 3.34. The van der Waals surface area contributed by atoms with Crippen LogP contribution in [0.1, 0.15) is 11.4 Å². The van der Waals surface area contributed by atoms with Gasteiger partial charge in [0, 0.05) is 0 Å². The van der Waals surface area contributed by atoms with Crippen molar-refractivity contribution in [3.8, 4) is 11.5 Å². The minimum Gasteiger partial charge on any atom is -0.454 e. The van der Waals surface area contributed by atoms with E-state index >= 15 is 0 Å². The second-order valence-corrected chi connectivity index (χ2v) is 3.34. The van der Waals surface area contributed by atoms with E-state index in [1.165, 1.54) is 0 Å². The number of hydrogen-bond acceptors (Lipinski definition) is 3. The van der Waals surface area contributed by atoms with Gasteiger partial charge in [0.05, 0.1) is 12.4 Å². The van der Waals surface area contributed by atoms with Crippen molar-refractivity contribution in [1.29, 1.82) is 0 Å². The molecule has 0 N–H and O–H groups in total. The molecule has 0 amide bonds. The predicted molar refractivity (Wildman–Crippen MR) is 63.4 cm³/mol. The van der Waals surface area contributed by atoms with Gasteiger partial charge in [-0.1, -0.05) is 24.8 Å². The summed E-state index contributed by atoms with van der Waals surface area (Å²) in [6.07, 6.45) is 5.10. The summed E-state index contributed by atoms with van der Waals surface area (Å²) in [5.74, 6) is 2.13. The molecule has 0 radical (unpaired) electrons. The highest BCUT2D eigenvalue weighted by atomic mass is 16.5. The first-order chi connectivity index (χ1) is 7.78. The van der Waals surface area contributed by atoms with Crippen molar-refractivity contribution >= 4 is 6.08 Å². The van der Waals surface area contributed by atoms with E-state index < -0.39 is 0 Å². The van der Waals surface area contributed by atoms with Crippen molar-refractivity contribution < 1.29 is 4.74 Å². The third-order valence-corrected chi connectivity index (χ3v) is 2.11. The van der Waals surface area contributed by atoms with Crippen LogP contribution in [0.4, 0.5) is 0 Å². The van der Waals surface area contributed by atoms with Gasteiger partial charge in [-0.3, -0.25) is 0 Å². The summed E-state index contributed by atoms with van der Waals surface area (Å²) in [7, 11) is 0. The van der Waals surface area contributed by atoms with Crippen LogP contribution >= 0.6 is 0 Å². The molecule has 2 rings (SSSR count). The molecule has 16 heavy (non-hydrogen) atoms. The molecule has 1 aromatic carbocycles. The summed E-state index contributed by atoms with van der Waals surface area (Å²) >= 11 is 0. The molecule has 3 nitrogen and oxygen atoms in total. The van der Waals surface area contributed by atoms with E-state index in [1.54, 1.807) is 18.5 Å². The summed E-state index contributed by atoms with van der Waals surface area (Å²) in [6.45, 7) is 5.53. The third-order valence-electron chi connectivity index (χ3n) is 2.11. The minimum absolute atomic E-state index is 0.636. The summed E-state index contributed by atoms with van der Waals surface area (Å²) in [5.41, 5.74) is 1.06. The molecule has 0 aliphatic heterocycles. The van der Waals surface area contributed by atoms with Crippen molar-refractivity contribution in [3.05, 3.63) is 54.6 Å². The molecule has 1 aromatic heterocycles. The molecule has 0 saturated heterocycles. The first-order valence-electron chi connectivity index (χ1n) is 4.97. The van der Waals surface area contributed by atoms with E-state index in [2.05, 4.69) is 16.5 Å². The monoisotopic (exact) mass is 212 g/mol. The molecule has 0 aliphatic carbocycles. The summed E-state index contributed by atoms with van der Waals surface area (Å²) < 4.78 is 5.57. The van der Waals surface area contributed by atoms with Crippen LogP contribution in [-0.2, 0) is 0 Å². The lowest BCUT2D eigenvalue weighted by atomic mass is 10.2. The largest absolute Gasteiger partial charge is 0.454 e. The molecule has 2 aromatic rings. The number of nitrogens with zero attached hydrogens (tertiary/aromatic N) is 2. The highest BCUT2D eigenvalue weighted by molar-refractivity contribution is 5.48. The van der Waals surface area contributed by atoms with Gasteiger partial charge in [-0.2, -0.15) is 0 Å². The number of aryl methyl sites for hydroxylation is 1. The topological polar surface area (TPSA) is 35.0 Å². The molecule has 0 bridgehead atoms. The molecule has 0 saturated carbocycles. The Hall–Kier alpha value is -2.16. The molecule has 0 fully saturated rings. The van der Waals surface area contributed by atoms with Crippen LogP contribution in [0, 0.1) is 6.92 Å². The number of ether oxygens (including phenoxy) is 1. The maximum absolute atomic E-state index is 5.57. The number of hydrogen-bond donors (Lipinski definition) is 0. The first kappa shape index (κ1) is 10.4. The van der Waals surface area contributed by atoms with Crippen LogP contribution in [0.15, 0.2) is 43.2 Å². The summed E-state index contributed by atoms with van der Waals surface area (Å²) in [6, 6.07) is 7.66. The lowest BCUT2D eigenvalue weighted by Gasteiger charge is -2.04. The molecular formula is C13H12N2O. The first-order valence-corrected chi connectivity index (χ1v) is 4.97. The SMILES string of the molecule is C=Cc1ccc(Oc2cnc(C)nc2)cc1. The average molecular weight is 212 g/mol. The zero-order valence-corrected chi connectivity index (χ0v) is 9.05. The predicted octanol–water partition coefficient (Wildman–Crippen LogP) is 3.22. The van der Waals surface area contributed by atoms with Gasteiger partial charge in [0.25, 0.3) is 0 Å². The van der Waals surface area contributed by atoms with Gasteiger partial charge in [-0.15, -0.1) is 0 Å². The highest BCUT2D eigenvalue weighted by Gasteiger charge is 1.97. The van der Waals surface area contributed by atoms with E-state index in [1.807, 2.05) is 31.2 Å². The van der Waals surface area contributed by atoms with E-state index in [4.69, 9.17) is 4.74 Å². The Morgan fingerprint density at radius 2 is 1.69 bits per heavy atom. The van der Waals surface area contributed by atoms with Crippen LogP contribution in [0.2, 0.25) is 0 Å². The lowest BCUT2D eigenvalue weighted by Crippen LogP contribution is -1.89. The fraction of sp³-hybridized carbons (Fsp3) is 0.0769. The van der Waals surface area contributed by atoms with E-state index in [-0.39, 0.29) is 0 Å². The van der Waals surface area contributed by atoms with Gasteiger partial charge in [0.2, 0.25) is 0 Å². The minimum atomic E-state index is 0.636. The zero-order valence-electron chi connectivity index (χ0n) is 9.05. The molecule has 3 heteroatoms. The van der Waals surface area contributed by atoms with Crippen molar-refractivity contribution in [1.82, 2.24) is 9.97 Å². The quantitative estimate of drug-likeness (QED) is 0.783. The number of aromatic nitrogens is 2. The van der Waals surface area contributed by atoms with Crippen molar-refractivity contribution in [2.24, 2.45) is 0 Å². The van der Waals surface area contributed by atoms with E-state index in [9.17, 15) is 0 Å². The molecule has 0 aliphatic rings. The molecule has 80 valence electrons. The average Bonchev–Trinajstić information content (AvgIpc) is 2.33. The van der Waals surface area contributed by atoms with Crippen LogP contribution in [0.5, 0.6) is 11.5 Å². The van der Waals surface area contributed by atoms with Crippen LogP contribution in [-0.4, -0.2) is 9.97 Å². The number of benzene rings is 1. The van der Waals surface area contributed by atoms with E-state index in [0.717, 1.165) is 17.1 Å². The Morgan fingerprint density at radius 1 is 1.06 bits per heavy atom. The van der Waals surface area contributed by atoms with Gasteiger partial charge in [-0.05, 0) is 24.6 Å². The van der Waals surface area contributed by atoms with Crippen molar-refractivity contribution in [2.45, 2.75) is 6.92 Å². The summed E-state index contributed by atoms with van der Waals surface area (Å²) in [4.78, 5) is 8.11. The molecular weight excluding hydrogens is 200 g/mol. The van der Waals surface area contributed by atoms with Crippen molar-refractivity contribution in [3.63, 3.8) is 0 Å². The Labute approximate surface area is 94.4 Å². The van der Waals surface area contributed by atoms with E-state index in [0.29, 0.717) is 5.75 Å². The number of rotatable bonds is 3. The van der Waals surface area contributed by atoms with Crippen LogP contribution < -0.4 is 4.74 Å². The van der Waals surface area contributed by atoms with Gasteiger partial charge in [0.1, 0.15) is 11.6 Å². The smallest absolute Gasteiger partial charge is 0.164 e. The summed E-state index contributed by atoms with van der Waals surface area (Å²) in [5, 5.41) is 0. The maximum Gasteiger partial charge on any atom is 0.164 e. The molecule has 0 spiro atoms. The maximum atomic E-state index is 5.57. The molecule has 0 unspecified atom stereocenters. The third kappa shape index (κ3) is 2.45. The normalized spacial score (nSPS) is 9.81. The van der Waals surface area contributed by atoms with Gasteiger partial charge < -0.3 is 4.74 Å². The van der Waals surface area contributed by atoms with Crippen LogP contribution in [0.25, 0.3) is 6.08 Å². The lowest BCUT2D eigenvalue weighted by molar-refractivity contribution is 0.476. The van der Waals surface area contributed by atoms with Crippen molar-refractivity contribution in [2.75, 3.05) is 0 Å². The van der Waals surface area contributed by atoms with Crippen LogP contribution in [0.3, 0.4) is 0 Å². The van der Waals surface area contributed by atoms with Gasteiger partial charge in [-0.25, -0.2) is 9.97 Å². The Kier molecular flexibility index (Phi) is 2.96. The Morgan fingerprint density at radius 3 is 2.25 bits per heavy atom. The molecule has 1 heterocycles. The fourth-order valence-electron chi connectivity index (χ4n) is 1.24. The fourth-order valence-corrected chi connectivity index (χ4v) is 1.24. The van der Waals surface area contributed by atoms with Gasteiger partial charge >= 0.3 is 0 Å². The standard InChI is InChI=1S/C13H12N2O/c1-3-11-4-6-12(7-5-11)16-13-8-14-10(2)15-9-13/h3-9H,1H2,2H3. The zero-order chi connectivity index (χ0) is 11.4. The Balaban J connectivity index is 2.14. The second kappa shape index (κ2) is 4.57. The van der Waals surface area contributed by atoms with Gasteiger partial charge in [0.15, 0.2) is 5.75 Å².